The van der Waals surface area contributed by atoms with Crippen molar-refractivity contribution in [1.29, 1.82) is 0 Å². The summed E-state index contributed by atoms with van der Waals surface area (Å²) in [5.74, 6) is 0. The molecular weight excluding hydrogens is 179 g/mol. The number of aromatic nitrogens is 2. The summed E-state index contributed by atoms with van der Waals surface area (Å²) in [6.07, 6.45) is 4.10. The number of hydrogen-bond acceptors (Lipinski definition) is 1. The lowest BCUT2D eigenvalue weighted by molar-refractivity contribution is 1.19. The molecule has 2 aromatic rings. The molecule has 0 aliphatic rings. The Morgan fingerprint density at radius 1 is 1.31 bits per heavy atom. The Morgan fingerprint density at radius 2 is 2.08 bits per heavy atom. The van der Waals surface area contributed by atoms with Crippen LogP contribution in [-0.4, -0.2) is 16.0 Å². The Labute approximate surface area is 80.8 Å². The van der Waals surface area contributed by atoms with E-state index in [1.54, 1.807) is 0 Å². The van der Waals surface area contributed by atoms with Crippen molar-refractivity contribution in [1.82, 2.24) is 9.38 Å². The molecule has 2 rings (SSSR count). The molecule has 0 radical (unpaired) electrons. The molecule has 0 amide bonds. The topological polar surface area (TPSA) is 17.3 Å². The van der Waals surface area contributed by atoms with Crippen LogP contribution in [0.15, 0.2) is 30.6 Å². The van der Waals surface area contributed by atoms with Gasteiger partial charge in [0.1, 0.15) is 5.65 Å². The summed E-state index contributed by atoms with van der Waals surface area (Å²) >= 11 is 0. The quantitative estimate of drug-likeness (QED) is 0.637. The summed E-state index contributed by atoms with van der Waals surface area (Å²) in [5.41, 5.74) is 2.22. The van der Waals surface area contributed by atoms with E-state index in [1.165, 1.54) is 5.44 Å². The summed E-state index contributed by atoms with van der Waals surface area (Å²) in [7, 11) is 0.781. The van der Waals surface area contributed by atoms with E-state index < -0.39 is 0 Å². The van der Waals surface area contributed by atoms with Crippen LogP contribution in [0.25, 0.3) is 5.65 Å². The minimum absolute atomic E-state index is 0.781. The Balaban J connectivity index is 0.000000396. The monoisotopic (exact) mass is 194 g/mol. The van der Waals surface area contributed by atoms with Crippen LogP contribution in [0.3, 0.4) is 0 Å². The van der Waals surface area contributed by atoms with Crippen LogP contribution < -0.4 is 5.44 Å². The van der Waals surface area contributed by atoms with E-state index in [2.05, 4.69) is 17.8 Å². The van der Waals surface area contributed by atoms with Crippen molar-refractivity contribution >= 4 is 19.7 Å². The van der Waals surface area contributed by atoms with Gasteiger partial charge in [-0.1, -0.05) is 28.5 Å². The third kappa shape index (κ3) is 2.28. The number of hydrogen-bond donors (Lipinski definition) is 0. The second-order valence-electron chi connectivity index (χ2n) is 2.34. The fraction of sp³-hybridized carbons (Fsp3) is 0.300. The van der Waals surface area contributed by atoms with Gasteiger partial charge in [-0.25, -0.2) is 4.98 Å². The number of rotatable bonds is 1. The van der Waals surface area contributed by atoms with Gasteiger partial charge in [-0.2, -0.15) is 0 Å². The van der Waals surface area contributed by atoms with Gasteiger partial charge < -0.3 is 4.40 Å². The largest absolute Gasteiger partial charge is 0.306 e. The van der Waals surface area contributed by atoms with Crippen molar-refractivity contribution in [2.45, 2.75) is 13.8 Å². The minimum Gasteiger partial charge on any atom is -0.306 e. The molecule has 0 N–H and O–H groups in total. The van der Waals surface area contributed by atoms with Gasteiger partial charge in [0.05, 0.1) is 5.44 Å². The maximum atomic E-state index is 4.41. The third-order valence-electron chi connectivity index (χ3n) is 1.62. The van der Waals surface area contributed by atoms with Crippen LogP contribution in [0.5, 0.6) is 0 Å². The second kappa shape index (κ2) is 4.98. The molecule has 0 aliphatic carbocycles. The standard InChI is InChI=1S/C8H9N2P.C2H6/c1-11-8-6-10-5-3-2-4-7(10)9-8;1-2/h2-6,11H,1H3;1-2H3. The Morgan fingerprint density at radius 3 is 2.69 bits per heavy atom. The average Bonchev–Trinajstić information content (AvgIpc) is 2.63. The first kappa shape index (κ1) is 10.2. The summed E-state index contributed by atoms with van der Waals surface area (Å²) in [6.45, 7) is 6.14. The van der Waals surface area contributed by atoms with E-state index in [0.29, 0.717) is 0 Å². The maximum absolute atomic E-state index is 4.41. The van der Waals surface area contributed by atoms with E-state index >= 15 is 0 Å². The predicted molar refractivity (Wildman–Crippen MR) is 60.4 cm³/mol. The third-order valence-corrected chi connectivity index (χ3v) is 2.37. The van der Waals surface area contributed by atoms with Crippen LogP contribution in [0.4, 0.5) is 0 Å². The van der Waals surface area contributed by atoms with E-state index in [-0.39, 0.29) is 0 Å². The molecule has 13 heavy (non-hydrogen) atoms. The van der Waals surface area contributed by atoms with Crippen LogP contribution in [0.1, 0.15) is 13.8 Å². The summed E-state index contributed by atoms with van der Waals surface area (Å²) in [6, 6.07) is 6.03. The van der Waals surface area contributed by atoms with Crippen LogP contribution in [-0.2, 0) is 0 Å². The van der Waals surface area contributed by atoms with Crippen LogP contribution in [0.2, 0.25) is 0 Å². The first-order valence-corrected chi connectivity index (χ1v) is 6.01. The highest BCUT2D eigenvalue weighted by atomic mass is 31.1. The zero-order valence-electron chi connectivity index (χ0n) is 8.28. The molecule has 0 saturated heterocycles. The molecule has 2 aromatic heterocycles. The molecular formula is C10H15N2P. The highest BCUT2D eigenvalue weighted by molar-refractivity contribution is 7.45. The zero-order valence-corrected chi connectivity index (χ0v) is 9.28. The smallest absolute Gasteiger partial charge is 0.137 e. The van der Waals surface area contributed by atoms with Gasteiger partial charge in [-0.15, -0.1) is 0 Å². The highest BCUT2D eigenvalue weighted by Gasteiger charge is 1.95. The Hall–Kier alpha value is -0.880. The lowest BCUT2D eigenvalue weighted by Gasteiger charge is -1.86. The fourth-order valence-electron chi connectivity index (χ4n) is 1.06. The van der Waals surface area contributed by atoms with Gasteiger partial charge >= 0.3 is 0 Å². The van der Waals surface area contributed by atoms with E-state index in [4.69, 9.17) is 0 Å². The number of pyridine rings is 1. The molecule has 70 valence electrons. The van der Waals surface area contributed by atoms with Crippen LogP contribution >= 0.6 is 8.58 Å². The van der Waals surface area contributed by atoms with Gasteiger partial charge in [-0.3, -0.25) is 0 Å². The lowest BCUT2D eigenvalue weighted by Crippen LogP contribution is -1.90. The number of nitrogens with zero attached hydrogens (tertiary/aromatic N) is 2. The Bertz CT molecular complexity index is 335. The van der Waals surface area contributed by atoms with E-state index in [1.807, 2.05) is 42.6 Å². The average molecular weight is 194 g/mol. The van der Waals surface area contributed by atoms with E-state index in [9.17, 15) is 0 Å². The first-order valence-electron chi connectivity index (χ1n) is 4.51. The van der Waals surface area contributed by atoms with Gasteiger partial charge in [0, 0.05) is 12.4 Å². The summed E-state index contributed by atoms with van der Waals surface area (Å²) < 4.78 is 2.05. The first-order chi connectivity index (χ1) is 6.40. The van der Waals surface area contributed by atoms with Crippen molar-refractivity contribution in [2.24, 2.45) is 0 Å². The number of fused-ring (bicyclic) bond motifs is 1. The highest BCUT2D eigenvalue weighted by Crippen LogP contribution is 2.04. The molecule has 0 fully saturated rings. The molecule has 0 aliphatic heterocycles. The molecule has 0 spiro atoms. The summed E-state index contributed by atoms with van der Waals surface area (Å²) in [4.78, 5) is 4.41. The van der Waals surface area contributed by atoms with Crippen molar-refractivity contribution in [3.05, 3.63) is 30.6 Å². The molecule has 0 saturated carbocycles. The van der Waals surface area contributed by atoms with Crippen LogP contribution in [0, 0.1) is 0 Å². The SMILES string of the molecule is CC.CPc1cn2ccccc2n1. The van der Waals surface area contributed by atoms with Gasteiger partial charge in [-0.05, 0) is 18.8 Å². The predicted octanol–water partition coefficient (Wildman–Crippen LogP) is 2.29. The lowest BCUT2D eigenvalue weighted by atomic mass is 10.5. The fourth-order valence-corrected chi connectivity index (χ4v) is 1.55. The maximum Gasteiger partial charge on any atom is 0.137 e. The van der Waals surface area contributed by atoms with E-state index in [0.717, 1.165) is 14.2 Å². The Kier molecular flexibility index (Phi) is 3.91. The zero-order chi connectivity index (χ0) is 9.68. The summed E-state index contributed by atoms with van der Waals surface area (Å²) in [5, 5.41) is 0. The van der Waals surface area contributed by atoms with Crippen molar-refractivity contribution in [3.63, 3.8) is 0 Å². The molecule has 2 nitrogen and oxygen atoms in total. The molecule has 1 unspecified atom stereocenters. The normalized spacial score (nSPS) is 10.4. The minimum atomic E-state index is 0.781. The van der Waals surface area contributed by atoms with Crippen molar-refractivity contribution in [2.75, 3.05) is 6.66 Å². The van der Waals surface area contributed by atoms with Gasteiger partial charge in [0.2, 0.25) is 0 Å². The molecule has 0 bridgehead atoms. The molecule has 0 aromatic carbocycles. The molecule has 2 heterocycles. The van der Waals surface area contributed by atoms with Gasteiger partial charge in [0.25, 0.3) is 0 Å². The van der Waals surface area contributed by atoms with Crippen molar-refractivity contribution < 1.29 is 0 Å². The number of imidazole rings is 1. The van der Waals surface area contributed by atoms with Gasteiger partial charge in [0.15, 0.2) is 0 Å². The molecule has 3 heteroatoms. The second-order valence-corrected chi connectivity index (χ2v) is 3.35. The van der Waals surface area contributed by atoms with Crippen molar-refractivity contribution in [3.8, 4) is 0 Å². The molecule has 1 atom stereocenters.